The fourth-order valence-corrected chi connectivity index (χ4v) is 4.33. The second-order valence-electron chi connectivity index (χ2n) is 8.85. The highest BCUT2D eigenvalue weighted by Crippen LogP contribution is 2.25. The van der Waals surface area contributed by atoms with Crippen molar-refractivity contribution in [1.82, 2.24) is 15.3 Å². The lowest BCUT2D eigenvalue weighted by Gasteiger charge is -2.20. The van der Waals surface area contributed by atoms with Gasteiger partial charge in [0.05, 0.1) is 0 Å². The van der Waals surface area contributed by atoms with Gasteiger partial charge in [0.15, 0.2) is 5.78 Å². The van der Waals surface area contributed by atoms with E-state index in [-0.39, 0.29) is 5.78 Å². The van der Waals surface area contributed by atoms with Crippen LogP contribution < -0.4 is 21.3 Å². The molecule has 1 aliphatic heterocycles. The fourth-order valence-electron chi connectivity index (χ4n) is 4.33. The van der Waals surface area contributed by atoms with Gasteiger partial charge < -0.3 is 26.4 Å². The van der Waals surface area contributed by atoms with E-state index in [4.69, 9.17) is 15.7 Å². The van der Waals surface area contributed by atoms with E-state index in [1.807, 2.05) is 18.2 Å². The molecule has 2 heterocycles. The average molecular weight is 475 g/mol. The van der Waals surface area contributed by atoms with Gasteiger partial charge in [0.1, 0.15) is 11.9 Å². The molecule has 0 aliphatic carbocycles. The average Bonchev–Trinajstić information content (AvgIpc) is 3.36. The van der Waals surface area contributed by atoms with Crippen LogP contribution in [0.1, 0.15) is 47.5 Å². The standard InChI is InChI=1S/C27H34N6O2/c1-2-7-21-17-24(33-15-12-23(18-33)29-14-13-28)32-27(30-21)31-22-11-6-10-20(16-22)26(35)25(34)19-8-4-3-5-9-19/h3-6,8-11,16-17,23,26,29,35H,2,7,12-15,18,28H2,1H3,(H,30,31,32)/t23?,26-/m0/s1. The van der Waals surface area contributed by atoms with Crippen LogP contribution in [0.3, 0.4) is 0 Å². The number of hydrogen-bond donors (Lipinski definition) is 4. The van der Waals surface area contributed by atoms with Crippen LogP contribution in [0, 0.1) is 0 Å². The molecule has 0 saturated carbocycles. The molecule has 1 aliphatic rings. The van der Waals surface area contributed by atoms with Gasteiger partial charge in [-0.2, -0.15) is 4.98 Å². The van der Waals surface area contributed by atoms with Gasteiger partial charge in [0.2, 0.25) is 5.95 Å². The Morgan fingerprint density at radius 3 is 2.77 bits per heavy atom. The molecule has 4 rings (SSSR count). The van der Waals surface area contributed by atoms with Crippen LogP contribution in [-0.4, -0.2) is 53.1 Å². The molecule has 1 saturated heterocycles. The summed E-state index contributed by atoms with van der Waals surface area (Å²) in [7, 11) is 0. The van der Waals surface area contributed by atoms with Gasteiger partial charge in [0.25, 0.3) is 0 Å². The first-order chi connectivity index (χ1) is 17.1. The van der Waals surface area contributed by atoms with Gasteiger partial charge >= 0.3 is 0 Å². The van der Waals surface area contributed by atoms with E-state index in [0.717, 1.165) is 50.4 Å². The zero-order chi connectivity index (χ0) is 24.6. The Morgan fingerprint density at radius 1 is 1.17 bits per heavy atom. The van der Waals surface area contributed by atoms with E-state index in [0.29, 0.717) is 35.3 Å². The molecule has 2 aromatic carbocycles. The molecule has 3 aromatic rings. The number of Topliss-reactive ketones (excluding diaryl/α,β-unsaturated/α-hetero) is 1. The molecule has 2 atom stereocenters. The number of anilines is 3. The highest BCUT2D eigenvalue weighted by molar-refractivity contribution is 5.99. The minimum Gasteiger partial charge on any atom is -0.380 e. The summed E-state index contributed by atoms with van der Waals surface area (Å²) in [6.45, 7) is 5.37. The first-order valence-corrected chi connectivity index (χ1v) is 12.3. The van der Waals surface area contributed by atoms with Crippen LogP contribution in [0.4, 0.5) is 17.5 Å². The first kappa shape index (κ1) is 24.8. The zero-order valence-electron chi connectivity index (χ0n) is 20.2. The quantitative estimate of drug-likeness (QED) is 0.313. The number of aryl methyl sites for hydroxylation is 1. The van der Waals surface area contributed by atoms with Gasteiger partial charge in [-0.05, 0) is 30.5 Å². The van der Waals surface area contributed by atoms with E-state index in [1.165, 1.54) is 0 Å². The minimum atomic E-state index is -1.25. The molecule has 0 radical (unpaired) electrons. The van der Waals surface area contributed by atoms with Crippen molar-refractivity contribution in [2.75, 3.05) is 36.4 Å². The van der Waals surface area contributed by atoms with Crippen LogP contribution in [-0.2, 0) is 6.42 Å². The maximum absolute atomic E-state index is 12.7. The molecule has 8 heteroatoms. The molecular formula is C27H34N6O2. The molecule has 35 heavy (non-hydrogen) atoms. The largest absolute Gasteiger partial charge is 0.380 e. The highest BCUT2D eigenvalue weighted by Gasteiger charge is 2.24. The van der Waals surface area contributed by atoms with Crippen LogP contribution in [0.2, 0.25) is 0 Å². The second kappa shape index (κ2) is 11.9. The molecule has 0 amide bonds. The summed E-state index contributed by atoms with van der Waals surface area (Å²) in [5.74, 6) is 1.07. The molecule has 1 fully saturated rings. The van der Waals surface area contributed by atoms with Crippen molar-refractivity contribution >= 4 is 23.2 Å². The zero-order valence-corrected chi connectivity index (χ0v) is 20.2. The SMILES string of the molecule is CCCc1cc(N2CCC(NCCN)C2)nc(Nc2cccc([C@H](O)C(=O)c3ccccc3)c2)n1. The van der Waals surface area contributed by atoms with Crippen molar-refractivity contribution in [2.24, 2.45) is 5.73 Å². The lowest BCUT2D eigenvalue weighted by Crippen LogP contribution is -2.35. The van der Waals surface area contributed by atoms with Gasteiger partial charge in [0, 0.05) is 55.2 Å². The summed E-state index contributed by atoms with van der Waals surface area (Å²) >= 11 is 0. The Morgan fingerprint density at radius 2 is 2.00 bits per heavy atom. The first-order valence-electron chi connectivity index (χ1n) is 12.3. The maximum Gasteiger partial charge on any atom is 0.229 e. The summed E-state index contributed by atoms with van der Waals surface area (Å²) in [6.07, 6.45) is 1.65. The van der Waals surface area contributed by atoms with Gasteiger partial charge in [-0.3, -0.25) is 4.79 Å². The number of carbonyl (C=O) groups is 1. The molecule has 184 valence electrons. The van der Waals surface area contributed by atoms with E-state index >= 15 is 0 Å². The third kappa shape index (κ3) is 6.42. The molecule has 8 nitrogen and oxygen atoms in total. The summed E-state index contributed by atoms with van der Waals surface area (Å²) < 4.78 is 0. The molecule has 1 unspecified atom stereocenters. The Kier molecular flexibility index (Phi) is 8.41. The van der Waals surface area contributed by atoms with E-state index < -0.39 is 6.10 Å². The number of aromatic nitrogens is 2. The summed E-state index contributed by atoms with van der Waals surface area (Å²) in [5, 5.41) is 17.5. The van der Waals surface area contributed by atoms with Crippen LogP contribution >= 0.6 is 0 Å². The van der Waals surface area contributed by atoms with Crippen molar-refractivity contribution < 1.29 is 9.90 Å². The van der Waals surface area contributed by atoms with Crippen molar-refractivity contribution in [3.63, 3.8) is 0 Å². The van der Waals surface area contributed by atoms with Gasteiger partial charge in [-0.1, -0.05) is 55.8 Å². The maximum atomic E-state index is 12.7. The molecule has 0 bridgehead atoms. The number of aliphatic hydroxyl groups excluding tert-OH is 1. The van der Waals surface area contributed by atoms with Crippen LogP contribution in [0.15, 0.2) is 60.7 Å². The normalized spacial score (nSPS) is 16.3. The van der Waals surface area contributed by atoms with Crippen molar-refractivity contribution in [2.45, 2.75) is 38.3 Å². The Balaban J connectivity index is 1.52. The fraction of sp³-hybridized carbons (Fsp3) is 0.370. The molecule has 5 N–H and O–H groups in total. The lowest BCUT2D eigenvalue weighted by atomic mass is 10.00. The monoisotopic (exact) mass is 474 g/mol. The Labute approximate surface area is 206 Å². The number of rotatable bonds is 11. The molecular weight excluding hydrogens is 440 g/mol. The van der Waals surface area contributed by atoms with E-state index in [9.17, 15) is 9.90 Å². The van der Waals surface area contributed by atoms with E-state index in [1.54, 1.807) is 36.4 Å². The van der Waals surface area contributed by atoms with Crippen LogP contribution in [0.25, 0.3) is 0 Å². The number of nitrogens with two attached hydrogens (primary N) is 1. The summed E-state index contributed by atoms with van der Waals surface area (Å²) in [4.78, 5) is 24.5. The topological polar surface area (TPSA) is 116 Å². The number of nitrogens with zero attached hydrogens (tertiary/aromatic N) is 3. The summed E-state index contributed by atoms with van der Waals surface area (Å²) in [6, 6.07) is 18.5. The molecule has 0 spiro atoms. The number of benzene rings is 2. The third-order valence-corrected chi connectivity index (χ3v) is 6.13. The number of ketones is 1. The Bertz CT molecular complexity index is 1120. The minimum absolute atomic E-state index is 0.335. The predicted molar refractivity (Wildman–Crippen MR) is 139 cm³/mol. The lowest BCUT2D eigenvalue weighted by molar-refractivity contribution is 0.0747. The smallest absolute Gasteiger partial charge is 0.229 e. The Hall–Kier alpha value is -3.33. The van der Waals surface area contributed by atoms with Crippen molar-refractivity contribution in [3.8, 4) is 0 Å². The number of nitrogens with one attached hydrogen (secondary N) is 2. The number of carbonyl (C=O) groups excluding carboxylic acids is 1. The predicted octanol–water partition coefficient (Wildman–Crippen LogP) is 3.22. The second-order valence-corrected chi connectivity index (χ2v) is 8.85. The number of hydrogen-bond acceptors (Lipinski definition) is 8. The van der Waals surface area contributed by atoms with Gasteiger partial charge in [-0.25, -0.2) is 4.98 Å². The van der Waals surface area contributed by atoms with E-state index in [2.05, 4.69) is 28.5 Å². The van der Waals surface area contributed by atoms with Crippen molar-refractivity contribution in [1.29, 1.82) is 0 Å². The molecule has 1 aromatic heterocycles. The van der Waals surface area contributed by atoms with Crippen LogP contribution in [0.5, 0.6) is 0 Å². The van der Waals surface area contributed by atoms with Crippen molar-refractivity contribution in [3.05, 3.63) is 77.5 Å². The third-order valence-electron chi connectivity index (χ3n) is 6.13. The number of aliphatic hydroxyl groups is 1. The van der Waals surface area contributed by atoms with Gasteiger partial charge in [-0.15, -0.1) is 0 Å². The summed E-state index contributed by atoms with van der Waals surface area (Å²) in [5.41, 5.74) is 8.32. The highest BCUT2D eigenvalue weighted by atomic mass is 16.3.